The van der Waals surface area contributed by atoms with Crippen molar-refractivity contribution in [3.63, 3.8) is 0 Å². The minimum atomic E-state index is 0.0180. The zero-order chi connectivity index (χ0) is 27.5. The van der Waals surface area contributed by atoms with Crippen LogP contribution in [0.15, 0.2) is 36.4 Å². The molecule has 2 amide bonds. The Bertz CT molecular complexity index is 1010. The standard InChI is InChI=1S/C29H44N6O3/c1-6-32(7-2)17-18-35(28(36)21-23(3)4)22-29(37)34-16-8-15-33(19-20-34)27-14-13-26(30-31-27)24-9-11-25(38-5)12-10-24/h9-14,23H,6-8,15-22H2,1-5H3. The number of benzene rings is 1. The zero-order valence-electron chi connectivity index (χ0n) is 23.7. The maximum absolute atomic E-state index is 13.3. The van der Waals surface area contributed by atoms with Gasteiger partial charge in [-0.1, -0.05) is 27.7 Å². The van der Waals surface area contributed by atoms with Crippen LogP contribution in [0.4, 0.5) is 5.82 Å². The molecule has 1 aliphatic rings. The van der Waals surface area contributed by atoms with Crippen LogP contribution >= 0.6 is 0 Å². The van der Waals surface area contributed by atoms with Crippen molar-refractivity contribution in [3.8, 4) is 17.0 Å². The van der Waals surface area contributed by atoms with Crippen molar-refractivity contribution in [1.29, 1.82) is 0 Å². The summed E-state index contributed by atoms with van der Waals surface area (Å²) in [5, 5.41) is 8.91. The molecule has 1 aromatic heterocycles. The summed E-state index contributed by atoms with van der Waals surface area (Å²) in [5.74, 6) is 1.95. The van der Waals surface area contributed by atoms with Crippen LogP contribution in [0, 0.1) is 5.92 Å². The predicted molar refractivity (Wildman–Crippen MR) is 151 cm³/mol. The molecule has 1 aromatic carbocycles. The summed E-state index contributed by atoms with van der Waals surface area (Å²) in [6.45, 7) is 14.4. The monoisotopic (exact) mass is 524 g/mol. The Morgan fingerprint density at radius 1 is 0.947 bits per heavy atom. The van der Waals surface area contributed by atoms with Crippen LogP contribution in [0.1, 0.15) is 40.5 Å². The molecule has 0 N–H and O–H groups in total. The van der Waals surface area contributed by atoms with Crippen molar-refractivity contribution in [1.82, 2.24) is 24.9 Å². The molecule has 0 bridgehead atoms. The molecule has 9 heteroatoms. The molecule has 1 saturated heterocycles. The topological polar surface area (TPSA) is 82.1 Å². The third-order valence-electron chi connectivity index (χ3n) is 7.05. The van der Waals surface area contributed by atoms with Crippen LogP contribution in [0.3, 0.4) is 0 Å². The summed E-state index contributed by atoms with van der Waals surface area (Å²) in [5.41, 5.74) is 1.79. The smallest absolute Gasteiger partial charge is 0.242 e. The fourth-order valence-corrected chi connectivity index (χ4v) is 4.64. The first-order valence-corrected chi connectivity index (χ1v) is 13.9. The SMILES string of the molecule is CCN(CC)CCN(CC(=O)N1CCCN(c2ccc(-c3ccc(OC)cc3)nn2)CC1)C(=O)CC(C)C. The van der Waals surface area contributed by atoms with Gasteiger partial charge in [0.15, 0.2) is 5.82 Å². The van der Waals surface area contributed by atoms with Gasteiger partial charge in [0.25, 0.3) is 0 Å². The van der Waals surface area contributed by atoms with Crippen LogP contribution in [-0.2, 0) is 9.59 Å². The number of carbonyl (C=O) groups excluding carboxylic acids is 2. The molecular weight excluding hydrogens is 480 g/mol. The third-order valence-corrected chi connectivity index (χ3v) is 7.05. The van der Waals surface area contributed by atoms with E-state index in [1.165, 1.54) is 0 Å². The van der Waals surface area contributed by atoms with Crippen LogP contribution in [0.5, 0.6) is 5.75 Å². The molecule has 1 aliphatic heterocycles. The second-order valence-electron chi connectivity index (χ2n) is 10.2. The minimum Gasteiger partial charge on any atom is -0.497 e. The normalized spacial score (nSPS) is 14.1. The third kappa shape index (κ3) is 8.41. The summed E-state index contributed by atoms with van der Waals surface area (Å²) >= 11 is 0. The van der Waals surface area contributed by atoms with Crippen molar-refractivity contribution in [3.05, 3.63) is 36.4 Å². The van der Waals surface area contributed by atoms with Crippen molar-refractivity contribution >= 4 is 17.6 Å². The highest BCUT2D eigenvalue weighted by Crippen LogP contribution is 2.22. The zero-order valence-corrected chi connectivity index (χ0v) is 23.7. The summed E-state index contributed by atoms with van der Waals surface area (Å²) in [6, 6.07) is 11.7. The average Bonchev–Trinajstić information content (AvgIpc) is 3.19. The molecule has 2 aromatic rings. The molecule has 0 spiro atoms. The lowest BCUT2D eigenvalue weighted by Crippen LogP contribution is -2.46. The second-order valence-corrected chi connectivity index (χ2v) is 10.2. The molecule has 0 saturated carbocycles. The molecule has 2 heterocycles. The summed E-state index contributed by atoms with van der Waals surface area (Å²) in [4.78, 5) is 34.3. The van der Waals surface area contributed by atoms with E-state index in [2.05, 4.69) is 33.8 Å². The number of ether oxygens (including phenoxy) is 1. The fourth-order valence-electron chi connectivity index (χ4n) is 4.64. The Balaban J connectivity index is 1.59. The van der Waals surface area contributed by atoms with E-state index in [9.17, 15) is 9.59 Å². The van der Waals surface area contributed by atoms with Gasteiger partial charge in [-0.2, -0.15) is 0 Å². The van der Waals surface area contributed by atoms with E-state index in [-0.39, 0.29) is 24.3 Å². The number of carbonyl (C=O) groups is 2. The highest BCUT2D eigenvalue weighted by atomic mass is 16.5. The summed E-state index contributed by atoms with van der Waals surface area (Å²) in [6.07, 6.45) is 1.30. The van der Waals surface area contributed by atoms with Gasteiger partial charge in [-0.05, 0) is 61.8 Å². The van der Waals surface area contributed by atoms with Gasteiger partial charge in [0.2, 0.25) is 11.8 Å². The Hall–Kier alpha value is -3.20. The quantitative estimate of drug-likeness (QED) is 0.421. The number of hydrogen-bond acceptors (Lipinski definition) is 7. The molecule has 208 valence electrons. The van der Waals surface area contributed by atoms with E-state index >= 15 is 0 Å². The molecule has 0 atom stereocenters. The van der Waals surface area contributed by atoms with E-state index in [1.807, 2.05) is 55.1 Å². The number of aromatic nitrogens is 2. The molecule has 0 aliphatic carbocycles. The first kappa shape index (κ1) is 29.4. The lowest BCUT2D eigenvalue weighted by atomic mass is 10.1. The number of likely N-dealkylation sites (N-methyl/N-ethyl adjacent to an activating group) is 1. The van der Waals surface area contributed by atoms with E-state index < -0.39 is 0 Å². The predicted octanol–water partition coefficient (Wildman–Crippen LogP) is 3.41. The van der Waals surface area contributed by atoms with Gasteiger partial charge >= 0.3 is 0 Å². The molecule has 3 rings (SSSR count). The first-order chi connectivity index (χ1) is 18.3. The number of anilines is 1. The van der Waals surface area contributed by atoms with Gasteiger partial charge < -0.3 is 24.3 Å². The van der Waals surface area contributed by atoms with E-state index in [1.54, 1.807) is 12.0 Å². The lowest BCUT2D eigenvalue weighted by molar-refractivity contribution is -0.141. The molecule has 38 heavy (non-hydrogen) atoms. The van der Waals surface area contributed by atoms with Crippen LogP contribution < -0.4 is 9.64 Å². The van der Waals surface area contributed by atoms with Gasteiger partial charge in [-0.3, -0.25) is 9.59 Å². The second kappa shape index (κ2) is 14.7. The van der Waals surface area contributed by atoms with Gasteiger partial charge in [-0.25, -0.2) is 0 Å². The average molecular weight is 525 g/mol. The van der Waals surface area contributed by atoms with Crippen molar-refractivity contribution in [2.75, 3.05) is 70.9 Å². The Morgan fingerprint density at radius 2 is 1.68 bits per heavy atom. The maximum Gasteiger partial charge on any atom is 0.242 e. The van der Waals surface area contributed by atoms with Crippen LogP contribution in [0.2, 0.25) is 0 Å². The number of amides is 2. The molecule has 0 radical (unpaired) electrons. The molecule has 9 nitrogen and oxygen atoms in total. The van der Waals surface area contributed by atoms with E-state index in [4.69, 9.17) is 4.74 Å². The van der Waals surface area contributed by atoms with Gasteiger partial charge in [0.05, 0.1) is 19.3 Å². The Kier molecular flexibility index (Phi) is 11.3. The molecule has 1 fully saturated rings. The first-order valence-electron chi connectivity index (χ1n) is 13.9. The summed E-state index contributed by atoms with van der Waals surface area (Å²) < 4.78 is 5.23. The van der Waals surface area contributed by atoms with Crippen molar-refractivity contribution < 1.29 is 14.3 Å². The highest BCUT2D eigenvalue weighted by molar-refractivity contribution is 5.85. The maximum atomic E-state index is 13.3. The van der Waals surface area contributed by atoms with E-state index in [0.717, 1.165) is 55.4 Å². The van der Waals surface area contributed by atoms with Crippen molar-refractivity contribution in [2.24, 2.45) is 5.92 Å². The van der Waals surface area contributed by atoms with Gasteiger partial charge in [0.1, 0.15) is 5.75 Å². The highest BCUT2D eigenvalue weighted by Gasteiger charge is 2.24. The number of rotatable bonds is 12. The Morgan fingerprint density at radius 3 is 2.29 bits per heavy atom. The number of methoxy groups -OCH3 is 1. The van der Waals surface area contributed by atoms with Crippen molar-refractivity contribution in [2.45, 2.75) is 40.5 Å². The van der Waals surface area contributed by atoms with E-state index in [0.29, 0.717) is 32.6 Å². The lowest BCUT2D eigenvalue weighted by Gasteiger charge is -2.29. The largest absolute Gasteiger partial charge is 0.497 e. The Labute approximate surface area is 227 Å². The van der Waals surface area contributed by atoms with Crippen LogP contribution in [0.25, 0.3) is 11.3 Å². The fraction of sp³-hybridized carbons (Fsp3) is 0.586. The molecule has 0 unspecified atom stereocenters. The van der Waals surface area contributed by atoms with Gasteiger partial charge in [-0.15, -0.1) is 10.2 Å². The number of hydrogen-bond donors (Lipinski definition) is 0. The number of nitrogens with zero attached hydrogens (tertiary/aromatic N) is 6. The van der Waals surface area contributed by atoms with Crippen LogP contribution in [-0.4, -0.2) is 103 Å². The minimum absolute atomic E-state index is 0.0180. The summed E-state index contributed by atoms with van der Waals surface area (Å²) in [7, 11) is 1.65. The van der Waals surface area contributed by atoms with Gasteiger partial charge in [0, 0.05) is 51.3 Å². The molecular formula is C29H44N6O3.